The number of hydrogen-bond donors (Lipinski definition) is 0. The molecule has 130 valence electrons. The second-order valence-electron chi connectivity index (χ2n) is 6.30. The molecule has 7 heteroatoms. The van der Waals surface area contributed by atoms with Gasteiger partial charge in [-0.25, -0.2) is 12.8 Å². The number of halogens is 1. The Bertz CT molecular complexity index is 975. The SMILES string of the molecule is CC1(C)OC(c2ccc(S(C)(=O)=O)cn2)=C(c2ccc(F)cc2)C1=O. The molecule has 1 aromatic carbocycles. The van der Waals surface area contributed by atoms with Gasteiger partial charge in [-0.15, -0.1) is 0 Å². The van der Waals surface area contributed by atoms with Gasteiger partial charge in [0.2, 0.25) is 5.78 Å². The number of nitrogens with zero attached hydrogens (tertiary/aromatic N) is 1. The van der Waals surface area contributed by atoms with Crippen LogP contribution in [0.2, 0.25) is 0 Å². The molecule has 0 aliphatic carbocycles. The largest absolute Gasteiger partial charge is 0.477 e. The van der Waals surface area contributed by atoms with Crippen LogP contribution in [0.5, 0.6) is 0 Å². The van der Waals surface area contributed by atoms with E-state index in [2.05, 4.69) is 4.98 Å². The minimum atomic E-state index is -3.38. The van der Waals surface area contributed by atoms with Gasteiger partial charge in [-0.05, 0) is 43.7 Å². The number of hydrogen-bond acceptors (Lipinski definition) is 5. The lowest BCUT2D eigenvalue weighted by Gasteiger charge is -2.17. The van der Waals surface area contributed by atoms with Crippen molar-refractivity contribution in [3.63, 3.8) is 0 Å². The zero-order valence-electron chi connectivity index (χ0n) is 13.9. The van der Waals surface area contributed by atoms with Gasteiger partial charge < -0.3 is 4.74 Å². The molecule has 0 N–H and O–H groups in total. The second kappa shape index (κ2) is 5.77. The summed E-state index contributed by atoms with van der Waals surface area (Å²) in [6.45, 7) is 3.27. The average molecular weight is 361 g/mol. The van der Waals surface area contributed by atoms with Crippen LogP contribution >= 0.6 is 0 Å². The van der Waals surface area contributed by atoms with Crippen LogP contribution in [0, 0.1) is 5.82 Å². The van der Waals surface area contributed by atoms with E-state index in [0.717, 1.165) is 6.26 Å². The molecule has 1 aliphatic heterocycles. The molecule has 0 unspecified atom stereocenters. The maximum absolute atomic E-state index is 13.2. The third-order valence-corrected chi connectivity index (χ3v) is 4.99. The van der Waals surface area contributed by atoms with Gasteiger partial charge in [0.05, 0.1) is 10.5 Å². The van der Waals surface area contributed by atoms with Gasteiger partial charge in [-0.1, -0.05) is 12.1 Å². The lowest BCUT2D eigenvalue weighted by atomic mass is 9.93. The lowest BCUT2D eigenvalue weighted by molar-refractivity contribution is -0.125. The standard InChI is InChI=1S/C18H16FNO4S/c1-18(2)17(21)15(11-4-6-12(19)7-5-11)16(24-18)14-9-8-13(10-20-14)25(3,22)23/h4-10H,1-3H3. The Morgan fingerprint density at radius 1 is 1.08 bits per heavy atom. The van der Waals surface area contributed by atoms with Crippen molar-refractivity contribution in [2.24, 2.45) is 0 Å². The number of sulfone groups is 1. The molecule has 0 saturated carbocycles. The van der Waals surface area contributed by atoms with Crippen LogP contribution in [-0.4, -0.2) is 31.0 Å². The number of carbonyl (C=O) groups is 1. The smallest absolute Gasteiger partial charge is 0.210 e. The van der Waals surface area contributed by atoms with E-state index in [1.807, 2.05) is 0 Å². The third-order valence-electron chi connectivity index (χ3n) is 3.89. The van der Waals surface area contributed by atoms with E-state index in [1.54, 1.807) is 13.8 Å². The Kier molecular flexibility index (Phi) is 3.99. The van der Waals surface area contributed by atoms with E-state index in [1.165, 1.54) is 42.6 Å². The molecule has 2 heterocycles. The van der Waals surface area contributed by atoms with E-state index in [0.29, 0.717) is 16.8 Å². The first-order chi connectivity index (χ1) is 11.6. The van der Waals surface area contributed by atoms with Crippen molar-refractivity contribution in [3.8, 4) is 0 Å². The highest BCUT2D eigenvalue weighted by molar-refractivity contribution is 7.90. The lowest BCUT2D eigenvalue weighted by Crippen LogP contribution is -2.29. The van der Waals surface area contributed by atoms with Crippen molar-refractivity contribution in [1.82, 2.24) is 4.98 Å². The highest BCUT2D eigenvalue weighted by atomic mass is 32.2. The summed E-state index contributed by atoms with van der Waals surface area (Å²) in [4.78, 5) is 16.9. The second-order valence-corrected chi connectivity index (χ2v) is 8.32. The Morgan fingerprint density at radius 2 is 1.72 bits per heavy atom. The normalized spacial score (nSPS) is 16.9. The van der Waals surface area contributed by atoms with Crippen molar-refractivity contribution in [1.29, 1.82) is 0 Å². The van der Waals surface area contributed by atoms with Gasteiger partial charge in [0.25, 0.3) is 0 Å². The quantitative estimate of drug-likeness (QED) is 0.840. The van der Waals surface area contributed by atoms with Gasteiger partial charge in [-0.3, -0.25) is 9.78 Å². The number of benzene rings is 1. The topological polar surface area (TPSA) is 73.3 Å². The Labute approximate surface area is 145 Å². The fourth-order valence-electron chi connectivity index (χ4n) is 2.55. The molecule has 3 rings (SSSR count). The molecule has 0 bridgehead atoms. The van der Waals surface area contributed by atoms with Gasteiger partial charge >= 0.3 is 0 Å². The summed E-state index contributed by atoms with van der Waals surface area (Å²) in [5, 5.41) is 0. The summed E-state index contributed by atoms with van der Waals surface area (Å²) < 4.78 is 42.1. The highest BCUT2D eigenvalue weighted by Gasteiger charge is 2.43. The summed E-state index contributed by atoms with van der Waals surface area (Å²) in [7, 11) is -3.38. The molecular weight excluding hydrogens is 345 g/mol. The molecule has 1 aliphatic rings. The first-order valence-corrected chi connectivity index (χ1v) is 9.39. The molecule has 5 nitrogen and oxygen atoms in total. The highest BCUT2D eigenvalue weighted by Crippen LogP contribution is 2.40. The van der Waals surface area contributed by atoms with Gasteiger partial charge in [0.15, 0.2) is 21.2 Å². The summed E-state index contributed by atoms with van der Waals surface area (Å²) in [6.07, 6.45) is 2.31. The van der Waals surface area contributed by atoms with E-state index in [4.69, 9.17) is 4.74 Å². The van der Waals surface area contributed by atoms with Gasteiger partial charge in [-0.2, -0.15) is 0 Å². The van der Waals surface area contributed by atoms with Crippen molar-refractivity contribution in [2.45, 2.75) is 24.3 Å². The summed E-state index contributed by atoms with van der Waals surface area (Å²) >= 11 is 0. The molecule has 0 fully saturated rings. The van der Waals surface area contributed by atoms with Crippen LogP contribution in [0.3, 0.4) is 0 Å². The maximum Gasteiger partial charge on any atom is 0.210 e. The van der Waals surface area contributed by atoms with Gasteiger partial charge in [0, 0.05) is 12.5 Å². The van der Waals surface area contributed by atoms with Crippen molar-refractivity contribution in [2.75, 3.05) is 6.26 Å². The van der Waals surface area contributed by atoms with Crippen LogP contribution in [0.15, 0.2) is 47.5 Å². The molecule has 25 heavy (non-hydrogen) atoms. The third kappa shape index (κ3) is 3.19. The van der Waals surface area contributed by atoms with Crippen LogP contribution in [-0.2, 0) is 19.4 Å². The Balaban J connectivity index is 2.15. The number of pyridine rings is 1. The Hall–Kier alpha value is -2.54. The molecule has 1 aromatic heterocycles. The van der Waals surface area contributed by atoms with Gasteiger partial charge in [0.1, 0.15) is 11.5 Å². The van der Waals surface area contributed by atoms with Crippen LogP contribution in [0.4, 0.5) is 4.39 Å². The van der Waals surface area contributed by atoms with Crippen molar-refractivity contribution < 1.29 is 22.3 Å². The predicted molar refractivity (Wildman–Crippen MR) is 90.7 cm³/mol. The molecule has 0 saturated heterocycles. The molecule has 2 aromatic rings. The van der Waals surface area contributed by atoms with Crippen molar-refractivity contribution >= 4 is 27.0 Å². The van der Waals surface area contributed by atoms with E-state index >= 15 is 0 Å². The zero-order valence-corrected chi connectivity index (χ0v) is 14.7. The summed E-state index contributed by atoms with van der Waals surface area (Å²) in [5.41, 5.74) is 0.0622. The monoisotopic (exact) mass is 361 g/mol. The fourth-order valence-corrected chi connectivity index (χ4v) is 3.11. The van der Waals surface area contributed by atoms with Crippen molar-refractivity contribution in [3.05, 3.63) is 59.7 Å². The van der Waals surface area contributed by atoms with E-state index in [9.17, 15) is 17.6 Å². The first kappa shape index (κ1) is 17.3. The fraction of sp³-hybridized carbons (Fsp3) is 0.222. The average Bonchev–Trinajstić information content (AvgIpc) is 2.78. The number of carbonyl (C=O) groups excluding carboxylic acids is 1. The number of Topliss-reactive ketones (excluding diaryl/α,β-unsaturated/α-hetero) is 1. The number of ether oxygens (including phenoxy) is 1. The first-order valence-electron chi connectivity index (χ1n) is 7.50. The zero-order chi connectivity index (χ0) is 18.4. The molecule has 0 amide bonds. The van der Waals surface area contributed by atoms with E-state index < -0.39 is 21.3 Å². The number of aromatic nitrogens is 1. The Morgan fingerprint density at radius 3 is 2.24 bits per heavy atom. The number of ketones is 1. The summed E-state index contributed by atoms with van der Waals surface area (Å²) in [5.74, 6) is -0.406. The minimum Gasteiger partial charge on any atom is -0.477 e. The summed E-state index contributed by atoms with van der Waals surface area (Å²) in [6, 6.07) is 8.42. The molecule has 0 spiro atoms. The van der Waals surface area contributed by atoms with Crippen LogP contribution < -0.4 is 0 Å². The van der Waals surface area contributed by atoms with E-state index in [-0.39, 0.29) is 16.4 Å². The van der Waals surface area contributed by atoms with Crippen LogP contribution in [0.1, 0.15) is 25.1 Å². The molecule has 0 radical (unpaired) electrons. The minimum absolute atomic E-state index is 0.0729. The molecular formula is C18H16FNO4S. The predicted octanol–water partition coefficient (Wildman–Crippen LogP) is 2.87. The maximum atomic E-state index is 13.2. The molecule has 0 atom stereocenters. The number of rotatable bonds is 3. The van der Waals surface area contributed by atoms with Crippen LogP contribution in [0.25, 0.3) is 11.3 Å².